The predicted molar refractivity (Wildman–Crippen MR) is 77.1 cm³/mol. The molecule has 0 aliphatic heterocycles. The van der Waals surface area contributed by atoms with E-state index in [4.69, 9.17) is 10.2 Å². The third kappa shape index (κ3) is 1.81. The van der Waals surface area contributed by atoms with Crippen LogP contribution in [0, 0.1) is 0 Å². The van der Waals surface area contributed by atoms with Crippen molar-refractivity contribution >= 4 is 48.6 Å². The highest BCUT2D eigenvalue weighted by atomic mass is 79.9. The van der Waals surface area contributed by atoms with Gasteiger partial charge in [0.05, 0.1) is 10.2 Å². The number of rotatable bonds is 1. The van der Waals surface area contributed by atoms with Crippen molar-refractivity contribution in [3.8, 4) is 11.5 Å². The van der Waals surface area contributed by atoms with Gasteiger partial charge in [0.15, 0.2) is 5.58 Å². The number of anilines is 1. The topological polar surface area (TPSA) is 64.9 Å². The zero-order chi connectivity index (χ0) is 12.7. The predicted octanol–water partition coefficient (Wildman–Crippen LogP) is 4.00. The van der Waals surface area contributed by atoms with Crippen molar-refractivity contribution in [2.45, 2.75) is 0 Å². The van der Waals surface area contributed by atoms with E-state index in [9.17, 15) is 0 Å². The lowest BCUT2D eigenvalue weighted by Gasteiger charge is -2.00. The van der Waals surface area contributed by atoms with Crippen LogP contribution >= 0.6 is 31.9 Å². The van der Waals surface area contributed by atoms with Crippen LogP contribution in [0.3, 0.4) is 0 Å². The van der Waals surface area contributed by atoms with Crippen molar-refractivity contribution in [2.24, 2.45) is 0 Å². The minimum atomic E-state index is 0.547. The number of nitrogen functional groups attached to an aromatic ring is 1. The van der Waals surface area contributed by atoms with Crippen molar-refractivity contribution in [3.05, 3.63) is 39.5 Å². The number of halogens is 2. The molecule has 4 nitrogen and oxygen atoms in total. The Hall–Kier alpha value is -1.40. The van der Waals surface area contributed by atoms with Gasteiger partial charge in [-0.2, -0.15) is 0 Å². The second kappa shape index (κ2) is 4.37. The van der Waals surface area contributed by atoms with E-state index in [2.05, 4.69) is 41.8 Å². The number of hydrogen-bond acceptors (Lipinski definition) is 4. The summed E-state index contributed by atoms with van der Waals surface area (Å²) in [4.78, 5) is 8.40. The Kier molecular flexibility index (Phi) is 2.83. The van der Waals surface area contributed by atoms with Crippen LogP contribution in [0.15, 0.2) is 44.0 Å². The molecule has 2 heterocycles. The van der Waals surface area contributed by atoms with E-state index in [0.717, 1.165) is 15.6 Å². The first-order valence-corrected chi connectivity index (χ1v) is 6.70. The molecule has 1 aromatic carbocycles. The molecule has 0 bridgehead atoms. The molecule has 0 saturated carbocycles. The summed E-state index contributed by atoms with van der Waals surface area (Å²) in [7, 11) is 0. The van der Waals surface area contributed by atoms with Crippen molar-refractivity contribution in [2.75, 3.05) is 5.73 Å². The van der Waals surface area contributed by atoms with E-state index in [1.54, 1.807) is 12.4 Å². The number of hydrogen-bond donors (Lipinski definition) is 1. The summed E-state index contributed by atoms with van der Waals surface area (Å²) in [5, 5.41) is 0. The molecule has 2 N–H and O–H groups in total. The van der Waals surface area contributed by atoms with Gasteiger partial charge in [0.1, 0.15) is 5.52 Å². The number of nitrogens with zero attached hydrogens (tertiary/aromatic N) is 2. The van der Waals surface area contributed by atoms with Gasteiger partial charge in [0, 0.05) is 22.4 Å². The Labute approximate surface area is 119 Å². The van der Waals surface area contributed by atoms with Gasteiger partial charge in [-0.3, -0.25) is 4.98 Å². The first-order chi connectivity index (χ1) is 8.66. The number of oxazole rings is 1. The highest BCUT2D eigenvalue weighted by Crippen LogP contribution is 2.37. The minimum Gasteiger partial charge on any atom is -0.435 e. The van der Waals surface area contributed by atoms with Crippen molar-refractivity contribution in [1.29, 1.82) is 0 Å². The van der Waals surface area contributed by atoms with Crippen LogP contribution in [0.25, 0.3) is 22.6 Å². The first-order valence-electron chi connectivity index (χ1n) is 5.11. The fraction of sp³-hybridized carbons (Fsp3) is 0. The molecule has 0 amide bonds. The van der Waals surface area contributed by atoms with E-state index in [0.29, 0.717) is 21.6 Å². The Morgan fingerprint density at radius 2 is 1.89 bits per heavy atom. The Balaban J connectivity index is 2.27. The lowest BCUT2D eigenvalue weighted by Crippen LogP contribution is -1.88. The summed E-state index contributed by atoms with van der Waals surface area (Å²) < 4.78 is 7.23. The molecule has 3 aromatic rings. The molecule has 3 rings (SSSR count). The maximum absolute atomic E-state index is 5.90. The van der Waals surface area contributed by atoms with E-state index >= 15 is 0 Å². The molecule has 90 valence electrons. The highest BCUT2D eigenvalue weighted by molar-refractivity contribution is 9.11. The first kappa shape index (κ1) is 11.7. The number of benzene rings is 1. The minimum absolute atomic E-state index is 0.547. The molecule has 0 radical (unpaired) electrons. The summed E-state index contributed by atoms with van der Waals surface area (Å²) >= 11 is 6.80. The van der Waals surface area contributed by atoms with Crippen molar-refractivity contribution in [1.82, 2.24) is 9.97 Å². The van der Waals surface area contributed by atoms with E-state index in [-0.39, 0.29) is 0 Å². The maximum atomic E-state index is 5.90. The number of pyridine rings is 1. The van der Waals surface area contributed by atoms with Gasteiger partial charge < -0.3 is 10.2 Å². The normalized spacial score (nSPS) is 11.0. The third-order valence-electron chi connectivity index (χ3n) is 2.54. The van der Waals surface area contributed by atoms with Crippen LogP contribution in [-0.4, -0.2) is 9.97 Å². The largest absolute Gasteiger partial charge is 0.435 e. The molecule has 0 aliphatic carbocycles. The molecule has 0 aliphatic rings. The lowest BCUT2D eigenvalue weighted by molar-refractivity contribution is 0.618. The van der Waals surface area contributed by atoms with Gasteiger partial charge in [0.2, 0.25) is 5.89 Å². The van der Waals surface area contributed by atoms with Gasteiger partial charge in [0.25, 0.3) is 0 Å². The summed E-state index contributed by atoms with van der Waals surface area (Å²) in [5.41, 5.74) is 8.77. The molecule has 0 saturated heterocycles. The fourth-order valence-corrected chi connectivity index (χ4v) is 2.81. The van der Waals surface area contributed by atoms with Gasteiger partial charge in [-0.1, -0.05) is 0 Å². The Morgan fingerprint density at radius 3 is 2.61 bits per heavy atom. The smallest absolute Gasteiger partial charge is 0.227 e. The van der Waals surface area contributed by atoms with Crippen molar-refractivity contribution < 1.29 is 4.42 Å². The molecule has 0 unspecified atom stereocenters. The van der Waals surface area contributed by atoms with Gasteiger partial charge in [-0.25, -0.2) is 4.98 Å². The molecular weight excluding hydrogens is 362 g/mol. The van der Waals surface area contributed by atoms with E-state index in [1.165, 1.54) is 0 Å². The fourth-order valence-electron chi connectivity index (χ4n) is 1.63. The summed E-state index contributed by atoms with van der Waals surface area (Å²) in [6, 6.07) is 5.53. The van der Waals surface area contributed by atoms with Crippen LogP contribution in [0.4, 0.5) is 5.69 Å². The number of nitrogens with two attached hydrogens (primary N) is 1. The molecule has 18 heavy (non-hydrogen) atoms. The SMILES string of the molecule is Nc1c(Br)cc2nc(-c3ccncc3)oc2c1Br. The zero-order valence-electron chi connectivity index (χ0n) is 9.02. The van der Waals surface area contributed by atoms with Gasteiger partial charge in [-0.15, -0.1) is 0 Å². The molecule has 2 aromatic heterocycles. The third-order valence-corrected chi connectivity index (χ3v) is 3.98. The monoisotopic (exact) mass is 367 g/mol. The van der Waals surface area contributed by atoms with Crippen LogP contribution in [0.2, 0.25) is 0 Å². The number of aromatic nitrogens is 2. The zero-order valence-corrected chi connectivity index (χ0v) is 12.2. The second-order valence-electron chi connectivity index (χ2n) is 3.69. The van der Waals surface area contributed by atoms with Gasteiger partial charge in [-0.05, 0) is 50.1 Å². The molecule has 0 spiro atoms. The van der Waals surface area contributed by atoms with Crippen LogP contribution in [0.1, 0.15) is 0 Å². The summed E-state index contributed by atoms with van der Waals surface area (Å²) in [6.07, 6.45) is 3.40. The average Bonchev–Trinajstić information content (AvgIpc) is 2.81. The highest BCUT2D eigenvalue weighted by Gasteiger charge is 2.14. The molecule has 0 atom stereocenters. The van der Waals surface area contributed by atoms with Gasteiger partial charge >= 0.3 is 0 Å². The number of fused-ring (bicyclic) bond motifs is 1. The van der Waals surface area contributed by atoms with E-state index in [1.807, 2.05) is 18.2 Å². The van der Waals surface area contributed by atoms with Crippen LogP contribution in [-0.2, 0) is 0 Å². The second-order valence-corrected chi connectivity index (χ2v) is 5.34. The maximum Gasteiger partial charge on any atom is 0.227 e. The molecule has 6 heteroatoms. The van der Waals surface area contributed by atoms with E-state index < -0.39 is 0 Å². The van der Waals surface area contributed by atoms with Crippen molar-refractivity contribution in [3.63, 3.8) is 0 Å². The lowest BCUT2D eigenvalue weighted by atomic mass is 10.3. The standard InChI is InChI=1S/C12H7Br2N3O/c13-7-5-8-11(9(14)10(7)15)18-12(17-8)6-1-3-16-4-2-6/h1-5H,15H2. The van der Waals surface area contributed by atoms with Crippen LogP contribution < -0.4 is 5.73 Å². The summed E-state index contributed by atoms with van der Waals surface area (Å²) in [5.74, 6) is 0.547. The molecule has 0 fully saturated rings. The quantitative estimate of drug-likeness (QED) is 0.659. The molecular formula is C12H7Br2N3O. The summed E-state index contributed by atoms with van der Waals surface area (Å²) in [6.45, 7) is 0. The van der Waals surface area contributed by atoms with Crippen LogP contribution in [0.5, 0.6) is 0 Å². The Morgan fingerprint density at radius 1 is 1.17 bits per heavy atom. The average molecular weight is 369 g/mol. The Bertz CT molecular complexity index is 725.